The van der Waals surface area contributed by atoms with Crippen LogP contribution in [0.15, 0.2) is 22.2 Å². The van der Waals surface area contributed by atoms with Crippen molar-refractivity contribution >= 4 is 21.6 Å². The summed E-state index contributed by atoms with van der Waals surface area (Å²) >= 11 is 1.64. The lowest BCUT2D eigenvalue weighted by atomic mass is 10.5. The zero-order valence-corrected chi connectivity index (χ0v) is 4.81. The molecule has 0 spiro atoms. The van der Waals surface area contributed by atoms with Crippen LogP contribution in [0.2, 0.25) is 0 Å². The molecule has 8 heavy (non-hydrogen) atoms. The molecule has 2 aromatic heterocycles. The number of nitrogens with zero attached hydrogens (tertiary/aromatic N) is 1. The van der Waals surface area contributed by atoms with Gasteiger partial charge >= 0.3 is 0 Å². The Balaban J connectivity index is 3.06. The quantitative estimate of drug-likeness (QED) is 0.537. The van der Waals surface area contributed by atoms with Crippen molar-refractivity contribution in [1.82, 2.24) is 5.16 Å². The minimum atomic E-state index is 0.954. The largest absolute Gasteiger partial charge is 0.363 e. The van der Waals surface area contributed by atoms with Gasteiger partial charge in [-0.1, -0.05) is 5.16 Å². The molecule has 2 rings (SSSR count). The molecule has 0 atom stereocenters. The van der Waals surface area contributed by atoms with Gasteiger partial charge in [0.05, 0.1) is 4.70 Å². The Bertz CT molecular complexity index is 234. The molecule has 0 aliphatic heterocycles. The normalized spacial score (nSPS) is 10.5. The zero-order chi connectivity index (χ0) is 5.40. The summed E-state index contributed by atoms with van der Waals surface area (Å²) in [5.41, 5.74) is 0.954. The van der Waals surface area contributed by atoms with Crippen LogP contribution in [0, 0.1) is 0 Å². The van der Waals surface area contributed by atoms with Crippen molar-refractivity contribution in [2.75, 3.05) is 0 Å². The topological polar surface area (TPSA) is 26.0 Å². The summed E-state index contributed by atoms with van der Waals surface area (Å²) in [5, 5.41) is 5.71. The molecule has 0 fully saturated rings. The molecule has 2 aromatic rings. The molecular formula is C5H3NOS. The molecule has 0 unspecified atom stereocenters. The molecule has 0 saturated heterocycles. The van der Waals surface area contributed by atoms with Gasteiger partial charge in [-0.05, 0) is 11.4 Å². The summed E-state index contributed by atoms with van der Waals surface area (Å²) in [7, 11) is 0. The first-order valence-corrected chi connectivity index (χ1v) is 3.12. The first-order chi connectivity index (χ1) is 3.97. The van der Waals surface area contributed by atoms with E-state index < -0.39 is 0 Å². The van der Waals surface area contributed by atoms with Crippen LogP contribution in [0.3, 0.4) is 0 Å². The second-order valence-electron chi connectivity index (χ2n) is 1.48. The lowest BCUT2D eigenvalue weighted by Crippen LogP contribution is -1.49. The molecular weight excluding hydrogens is 122 g/mol. The molecule has 0 aliphatic carbocycles. The molecule has 0 aliphatic rings. The van der Waals surface area contributed by atoms with Crippen LogP contribution < -0.4 is 0 Å². The first kappa shape index (κ1) is 4.09. The van der Waals surface area contributed by atoms with E-state index in [0.29, 0.717) is 0 Å². The maximum atomic E-state index is 4.67. The second-order valence-corrected chi connectivity index (χ2v) is 2.43. The fourth-order valence-electron chi connectivity index (χ4n) is 0.609. The van der Waals surface area contributed by atoms with Gasteiger partial charge in [0.1, 0.15) is 11.8 Å². The highest BCUT2D eigenvalue weighted by atomic mass is 32.1. The summed E-state index contributed by atoms with van der Waals surface area (Å²) < 4.78 is 5.78. The third-order valence-corrected chi connectivity index (χ3v) is 1.82. The summed E-state index contributed by atoms with van der Waals surface area (Å²) in [4.78, 5) is 0. The van der Waals surface area contributed by atoms with Crippen molar-refractivity contribution in [1.29, 1.82) is 0 Å². The molecule has 0 aromatic carbocycles. The van der Waals surface area contributed by atoms with E-state index in [1.807, 2.05) is 11.4 Å². The third kappa shape index (κ3) is 0.391. The van der Waals surface area contributed by atoms with Crippen molar-refractivity contribution in [3.05, 3.63) is 17.7 Å². The van der Waals surface area contributed by atoms with Crippen LogP contribution in [0.4, 0.5) is 0 Å². The molecule has 2 heterocycles. The van der Waals surface area contributed by atoms with E-state index in [-0.39, 0.29) is 0 Å². The highest BCUT2D eigenvalue weighted by molar-refractivity contribution is 7.17. The summed E-state index contributed by atoms with van der Waals surface area (Å²) in [6, 6.07) is 1.93. The van der Waals surface area contributed by atoms with Crippen molar-refractivity contribution in [2.45, 2.75) is 0 Å². The highest BCUT2D eigenvalue weighted by Crippen LogP contribution is 2.17. The standard InChI is InChI=1S/C5H3NOS/c1-2-8-5-3-7-6-4(1)5/h1-3H. The summed E-state index contributed by atoms with van der Waals surface area (Å²) in [6.45, 7) is 0. The third-order valence-electron chi connectivity index (χ3n) is 0.984. The van der Waals surface area contributed by atoms with Crippen molar-refractivity contribution in [2.24, 2.45) is 0 Å². The summed E-state index contributed by atoms with van der Waals surface area (Å²) in [5.74, 6) is 0. The van der Waals surface area contributed by atoms with Crippen molar-refractivity contribution in [3.63, 3.8) is 0 Å². The Morgan fingerprint density at radius 1 is 1.62 bits per heavy atom. The average Bonchev–Trinajstić information content (AvgIpc) is 2.15. The number of fused-ring (bicyclic) bond motifs is 1. The highest BCUT2D eigenvalue weighted by Gasteiger charge is 1.94. The number of rotatable bonds is 0. The minimum absolute atomic E-state index is 0.954. The van der Waals surface area contributed by atoms with Gasteiger partial charge in [0.2, 0.25) is 0 Å². The molecule has 0 bridgehead atoms. The Hall–Kier alpha value is -0.830. The Kier molecular flexibility index (Phi) is 0.676. The van der Waals surface area contributed by atoms with Crippen LogP contribution in [0.5, 0.6) is 0 Å². The monoisotopic (exact) mass is 125 g/mol. The fraction of sp³-hybridized carbons (Fsp3) is 0. The molecule has 0 N–H and O–H groups in total. The van der Waals surface area contributed by atoms with Gasteiger partial charge in [0.25, 0.3) is 0 Å². The number of thiophene rings is 1. The molecule has 3 heteroatoms. The van der Waals surface area contributed by atoms with Gasteiger partial charge in [0.15, 0.2) is 0 Å². The fourth-order valence-corrected chi connectivity index (χ4v) is 1.28. The number of hydrogen-bond donors (Lipinski definition) is 0. The van der Waals surface area contributed by atoms with Gasteiger partial charge in [-0.2, -0.15) is 0 Å². The van der Waals surface area contributed by atoms with Crippen LogP contribution in [-0.4, -0.2) is 5.16 Å². The second kappa shape index (κ2) is 1.32. The van der Waals surface area contributed by atoms with Crippen LogP contribution >= 0.6 is 11.3 Å². The van der Waals surface area contributed by atoms with E-state index in [1.165, 1.54) is 0 Å². The maximum Gasteiger partial charge on any atom is 0.141 e. The van der Waals surface area contributed by atoms with E-state index in [1.54, 1.807) is 17.6 Å². The van der Waals surface area contributed by atoms with Gasteiger partial charge in [-0.15, -0.1) is 11.3 Å². The van der Waals surface area contributed by atoms with Gasteiger partial charge in [-0.25, -0.2) is 0 Å². The van der Waals surface area contributed by atoms with Crippen LogP contribution in [-0.2, 0) is 0 Å². The van der Waals surface area contributed by atoms with Crippen molar-refractivity contribution < 1.29 is 4.52 Å². The Morgan fingerprint density at radius 3 is 3.50 bits per heavy atom. The minimum Gasteiger partial charge on any atom is -0.363 e. The molecule has 40 valence electrons. The number of hydrogen-bond acceptors (Lipinski definition) is 3. The molecule has 0 radical (unpaired) electrons. The zero-order valence-electron chi connectivity index (χ0n) is 4.00. The van der Waals surface area contributed by atoms with E-state index in [0.717, 1.165) is 10.2 Å². The van der Waals surface area contributed by atoms with Crippen molar-refractivity contribution in [3.8, 4) is 0 Å². The van der Waals surface area contributed by atoms with E-state index in [9.17, 15) is 0 Å². The average molecular weight is 125 g/mol. The van der Waals surface area contributed by atoms with Gasteiger partial charge < -0.3 is 4.52 Å². The lowest BCUT2D eigenvalue weighted by Gasteiger charge is -1.58. The molecule has 0 saturated carbocycles. The predicted octanol–water partition coefficient (Wildman–Crippen LogP) is 1.89. The molecule has 2 nitrogen and oxygen atoms in total. The van der Waals surface area contributed by atoms with E-state index >= 15 is 0 Å². The maximum absolute atomic E-state index is 4.67. The summed E-state index contributed by atoms with van der Waals surface area (Å²) in [6.07, 6.45) is 1.65. The van der Waals surface area contributed by atoms with Crippen LogP contribution in [0.1, 0.15) is 0 Å². The molecule has 0 amide bonds. The lowest BCUT2D eigenvalue weighted by molar-refractivity contribution is 0.428. The van der Waals surface area contributed by atoms with Crippen LogP contribution in [0.25, 0.3) is 10.2 Å². The van der Waals surface area contributed by atoms with Gasteiger partial charge in [-0.3, -0.25) is 0 Å². The van der Waals surface area contributed by atoms with E-state index in [2.05, 4.69) is 9.68 Å². The van der Waals surface area contributed by atoms with Gasteiger partial charge in [0, 0.05) is 0 Å². The number of aromatic nitrogens is 1. The first-order valence-electron chi connectivity index (χ1n) is 2.24. The van der Waals surface area contributed by atoms with E-state index in [4.69, 9.17) is 0 Å². The SMILES string of the molecule is c1cc2nocc2s1. The Morgan fingerprint density at radius 2 is 2.62 bits per heavy atom. The smallest absolute Gasteiger partial charge is 0.141 e. The predicted molar refractivity (Wildman–Crippen MR) is 31.9 cm³/mol. The Labute approximate surface area is 49.7 Å².